The highest BCUT2D eigenvalue weighted by Gasteiger charge is 2.27. The number of amides is 1. The lowest BCUT2D eigenvalue weighted by atomic mass is 9.90. The molecular formula is C29H32N6O2. The van der Waals surface area contributed by atoms with Crippen LogP contribution in [0.4, 0.5) is 0 Å². The Hall–Kier alpha value is -3.91. The van der Waals surface area contributed by atoms with Gasteiger partial charge in [-0.3, -0.25) is 14.7 Å². The zero-order valence-corrected chi connectivity index (χ0v) is 21.4. The molecule has 1 atom stereocenters. The first-order valence-electron chi connectivity index (χ1n) is 12.8. The summed E-state index contributed by atoms with van der Waals surface area (Å²) in [5.74, 6) is 0.730. The molecule has 1 aliphatic rings. The van der Waals surface area contributed by atoms with E-state index >= 15 is 0 Å². The van der Waals surface area contributed by atoms with Crippen LogP contribution in [0, 0.1) is 13.8 Å². The van der Waals surface area contributed by atoms with Crippen LogP contribution in [-0.4, -0.2) is 37.3 Å². The lowest BCUT2D eigenvalue weighted by molar-refractivity contribution is 0.0948. The Morgan fingerprint density at radius 2 is 1.95 bits per heavy atom. The molecule has 0 saturated heterocycles. The minimum Gasteiger partial charge on any atom is -0.448 e. The van der Waals surface area contributed by atoms with Gasteiger partial charge in [-0.25, -0.2) is 15.0 Å². The van der Waals surface area contributed by atoms with Gasteiger partial charge in [0.2, 0.25) is 0 Å². The largest absolute Gasteiger partial charge is 0.448 e. The lowest BCUT2D eigenvalue weighted by Gasteiger charge is -2.35. The molecule has 3 heterocycles. The van der Waals surface area contributed by atoms with Crippen LogP contribution in [0.15, 0.2) is 65.9 Å². The molecule has 0 saturated carbocycles. The van der Waals surface area contributed by atoms with Crippen molar-refractivity contribution in [2.24, 2.45) is 0 Å². The summed E-state index contributed by atoms with van der Waals surface area (Å²) in [6.45, 7) is 5.71. The molecule has 8 heteroatoms. The minimum absolute atomic E-state index is 0.153. The average Bonchev–Trinajstić information content (AvgIpc) is 3.43. The number of nitrogens with one attached hydrogen (secondary N) is 1. The fourth-order valence-electron chi connectivity index (χ4n) is 5.17. The fourth-order valence-corrected chi connectivity index (χ4v) is 5.17. The Morgan fingerprint density at radius 3 is 2.76 bits per heavy atom. The molecular weight excluding hydrogens is 464 g/mol. The lowest BCUT2D eigenvalue weighted by Crippen LogP contribution is -2.33. The van der Waals surface area contributed by atoms with Crippen molar-refractivity contribution in [1.82, 2.24) is 30.2 Å². The summed E-state index contributed by atoms with van der Waals surface area (Å²) in [6, 6.07) is 12.9. The second kappa shape index (κ2) is 11.4. The van der Waals surface area contributed by atoms with Crippen molar-refractivity contribution in [3.63, 3.8) is 0 Å². The molecule has 0 aliphatic heterocycles. The molecule has 3 aromatic heterocycles. The third kappa shape index (κ3) is 5.91. The average molecular weight is 497 g/mol. The first-order chi connectivity index (χ1) is 18.1. The van der Waals surface area contributed by atoms with E-state index in [0.717, 1.165) is 50.1 Å². The van der Waals surface area contributed by atoms with E-state index in [1.165, 1.54) is 29.5 Å². The van der Waals surface area contributed by atoms with Crippen molar-refractivity contribution in [3.8, 4) is 0 Å². The molecule has 1 aliphatic carbocycles. The Kier molecular flexibility index (Phi) is 7.65. The van der Waals surface area contributed by atoms with Gasteiger partial charge in [-0.1, -0.05) is 30.3 Å². The van der Waals surface area contributed by atoms with Gasteiger partial charge in [-0.15, -0.1) is 0 Å². The first-order valence-corrected chi connectivity index (χ1v) is 12.8. The predicted molar refractivity (Wildman–Crippen MR) is 140 cm³/mol. The third-order valence-electron chi connectivity index (χ3n) is 7.02. The minimum atomic E-state index is -0.153. The van der Waals surface area contributed by atoms with E-state index in [4.69, 9.17) is 9.40 Å². The molecule has 0 spiro atoms. The highest BCUT2D eigenvalue weighted by Crippen LogP contribution is 2.34. The number of pyridine rings is 1. The van der Waals surface area contributed by atoms with E-state index in [9.17, 15) is 4.79 Å². The molecule has 37 heavy (non-hydrogen) atoms. The van der Waals surface area contributed by atoms with Crippen molar-refractivity contribution in [1.29, 1.82) is 0 Å². The summed E-state index contributed by atoms with van der Waals surface area (Å²) < 4.78 is 5.52. The second-order valence-electron chi connectivity index (χ2n) is 9.57. The maximum atomic E-state index is 12.8. The van der Waals surface area contributed by atoms with Gasteiger partial charge in [-0.2, -0.15) is 0 Å². The number of carbonyl (C=O) groups is 1. The van der Waals surface area contributed by atoms with E-state index in [0.29, 0.717) is 23.5 Å². The smallest absolute Gasteiger partial charge is 0.255 e. The van der Waals surface area contributed by atoms with Crippen molar-refractivity contribution < 1.29 is 9.21 Å². The highest BCUT2D eigenvalue weighted by atomic mass is 16.3. The second-order valence-corrected chi connectivity index (χ2v) is 9.57. The van der Waals surface area contributed by atoms with Crippen molar-refractivity contribution >= 4 is 5.91 Å². The Bertz CT molecular complexity index is 1330. The summed E-state index contributed by atoms with van der Waals surface area (Å²) in [5, 5.41) is 3.04. The molecule has 8 nitrogen and oxygen atoms in total. The quantitative estimate of drug-likeness (QED) is 0.364. The van der Waals surface area contributed by atoms with Crippen molar-refractivity contribution in [2.75, 3.05) is 6.54 Å². The van der Waals surface area contributed by atoms with Gasteiger partial charge in [0.15, 0.2) is 6.39 Å². The van der Waals surface area contributed by atoms with Gasteiger partial charge in [0.1, 0.15) is 12.1 Å². The summed E-state index contributed by atoms with van der Waals surface area (Å²) in [7, 11) is 0. The number of fused-ring (bicyclic) bond motifs is 1. The standard InChI is InChI=1S/C29H32N6O2/c1-20-27(21(2)34-18-33-20)29(36)32-15-22-6-3-7-23(14-22)17-35(13-11-25-16-30-19-37-25)26-10-4-8-24-9-5-12-31-28(24)26/h3,5-7,9,12,14,16,18-19,26H,4,8,10-11,13,15,17H2,1-2H3,(H,32,36). The van der Waals surface area contributed by atoms with E-state index in [1.807, 2.05) is 32.2 Å². The predicted octanol–water partition coefficient (Wildman–Crippen LogP) is 4.53. The molecule has 190 valence electrons. The maximum absolute atomic E-state index is 12.8. The zero-order chi connectivity index (χ0) is 25.6. The third-order valence-corrected chi connectivity index (χ3v) is 7.02. The first kappa shape index (κ1) is 24.8. The summed E-state index contributed by atoms with van der Waals surface area (Å²) in [5.41, 5.74) is 6.69. The van der Waals surface area contributed by atoms with Crippen LogP contribution in [0.3, 0.4) is 0 Å². The van der Waals surface area contributed by atoms with Gasteiger partial charge in [-0.05, 0) is 55.9 Å². The number of oxazole rings is 1. The summed E-state index contributed by atoms with van der Waals surface area (Å²) >= 11 is 0. The van der Waals surface area contributed by atoms with Crippen LogP contribution in [0.5, 0.6) is 0 Å². The summed E-state index contributed by atoms with van der Waals surface area (Å²) in [4.78, 5) is 32.5. The number of rotatable bonds is 9. The van der Waals surface area contributed by atoms with Crippen LogP contribution >= 0.6 is 0 Å². The molecule has 1 aromatic carbocycles. The monoisotopic (exact) mass is 496 g/mol. The molecule has 1 amide bonds. The fraction of sp³-hybridized carbons (Fsp3) is 0.345. The van der Waals surface area contributed by atoms with E-state index in [-0.39, 0.29) is 11.9 Å². The maximum Gasteiger partial charge on any atom is 0.255 e. The van der Waals surface area contributed by atoms with E-state index in [1.54, 1.807) is 6.20 Å². The van der Waals surface area contributed by atoms with Gasteiger partial charge in [0.25, 0.3) is 5.91 Å². The SMILES string of the molecule is Cc1ncnc(C)c1C(=O)NCc1cccc(CN(CCc2cnco2)C2CCCc3cccnc32)c1. The van der Waals surface area contributed by atoms with Crippen LogP contribution < -0.4 is 5.32 Å². The van der Waals surface area contributed by atoms with E-state index < -0.39 is 0 Å². The number of hydrogen-bond donors (Lipinski definition) is 1. The summed E-state index contributed by atoms with van der Waals surface area (Å²) in [6.07, 6.45) is 10.7. The van der Waals surface area contributed by atoms with Gasteiger partial charge in [0.05, 0.1) is 34.9 Å². The Morgan fingerprint density at radius 1 is 1.11 bits per heavy atom. The zero-order valence-electron chi connectivity index (χ0n) is 21.4. The van der Waals surface area contributed by atoms with Crippen LogP contribution in [0.2, 0.25) is 0 Å². The van der Waals surface area contributed by atoms with Crippen LogP contribution in [0.1, 0.15) is 68.8 Å². The molecule has 0 fully saturated rings. The van der Waals surface area contributed by atoms with Crippen molar-refractivity contribution in [3.05, 3.63) is 107 Å². The molecule has 1 N–H and O–H groups in total. The number of hydrogen-bond acceptors (Lipinski definition) is 7. The van der Waals surface area contributed by atoms with Crippen LogP contribution in [0.25, 0.3) is 0 Å². The molecule has 1 unspecified atom stereocenters. The molecule has 0 radical (unpaired) electrons. The van der Waals surface area contributed by atoms with Gasteiger partial charge < -0.3 is 9.73 Å². The van der Waals surface area contributed by atoms with Gasteiger partial charge in [0, 0.05) is 32.3 Å². The Balaban J connectivity index is 1.32. The molecule has 0 bridgehead atoms. The van der Waals surface area contributed by atoms with E-state index in [2.05, 4.69) is 49.4 Å². The highest BCUT2D eigenvalue weighted by molar-refractivity contribution is 5.96. The van der Waals surface area contributed by atoms with Gasteiger partial charge >= 0.3 is 0 Å². The number of aromatic nitrogens is 4. The number of aryl methyl sites for hydroxylation is 3. The normalized spacial score (nSPS) is 14.9. The molecule has 5 rings (SSSR count). The topological polar surface area (TPSA) is 97.0 Å². The van der Waals surface area contributed by atoms with Crippen molar-refractivity contribution in [2.45, 2.75) is 58.7 Å². The van der Waals surface area contributed by atoms with Crippen LogP contribution in [-0.2, 0) is 25.9 Å². The number of benzene rings is 1. The number of nitrogens with zero attached hydrogens (tertiary/aromatic N) is 5. The molecule has 4 aromatic rings. The Labute approximate surface area is 217 Å². The number of carbonyl (C=O) groups excluding carboxylic acids is 1.